The van der Waals surface area contributed by atoms with E-state index in [2.05, 4.69) is 17.9 Å². The molecule has 1 amide bonds. The van der Waals surface area contributed by atoms with Gasteiger partial charge in [-0.3, -0.25) is 9.69 Å². The minimum atomic E-state index is -0.856. The van der Waals surface area contributed by atoms with Crippen LogP contribution in [0, 0.1) is 17.0 Å². The lowest BCUT2D eigenvalue weighted by Crippen LogP contribution is -2.49. The molecular formula is C20H26F2N2O. The van der Waals surface area contributed by atoms with Crippen LogP contribution in [0.5, 0.6) is 0 Å². The third-order valence-electron chi connectivity index (χ3n) is 5.58. The first-order valence-corrected chi connectivity index (χ1v) is 9.01. The molecule has 3 rings (SSSR count). The maximum atomic E-state index is 13.4. The summed E-state index contributed by atoms with van der Waals surface area (Å²) in [5.41, 5.74) is 1.66. The zero-order chi connectivity index (χ0) is 18.0. The van der Waals surface area contributed by atoms with Crippen molar-refractivity contribution in [2.45, 2.75) is 39.7 Å². The third-order valence-corrected chi connectivity index (χ3v) is 5.58. The zero-order valence-electron chi connectivity index (χ0n) is 15.0. The molecule has 2 aliphatic rings. The molecule has 1 aromatic rings. The summed E-state index contributed by atoms with van der Waals surface area (Å²) in [4.78, 5) is 17.3. The molecular weight excluding hydrogens is 322 g/mol. The Balaban J connectivity index is 1.70. The Kier molecular flexibility index (Phi) is 5.23. The van der Waals surface area contributed by atoms with Crippen molar-refractivity contribution in [3.05, 3.63) is 47.0 Å². The summed E-state index contributed by atoms with van der Waals surface area (Å²) in [6.07, 6.45) is 4.89. The smallest absolute Gasteiger partial charge is 0.230 e. The Bertz CT molecular complexity index is 688. The normalized spacial score (nSPS) is 25.2. The molecule has 2 heterocycles. The topological polar surface area (TPSA) is 23.6 Å². The van der Waals surface area contributed by atoms with E-state index in [1.807, 2.05) is 11.8 Å². The predicted octanol–water partition coefficient (Wildman–Crippen LogP) is 3.75. The van der Waals surface area contributed by atoms with Crippen LogP contribution in [0.25, 0.3) is 0 Å². The van der Waals surface area contributed by atoms with Gasteiger partial charge in [-0.1, -0.05) is 17.7 Å². The molecule has 1 spiro atoms. The maximum Gasteiger partial charge on any atom is 0.230 e. The fraction of sp³-hybridized carbons (Fsp3) is 0.550. The molecule has 2 fully saturated rings. The molecule has 2 aliphatic heterocycles. The van der Waals surface area contributed by atoms with Crippen LogP contribution in [0.4, 0.5) is 8.78 Å². The second-order valence-electron chi connectivity index (χ2n) is 7.45. The van der Waals surface area contributed by atoms with Crippen molar-refractivity contribution in [3.8, 4) is 0 Å². The quantitative estimate of drug-likeness (QED) is 0.774. The van der Waals surface area contributed by atoms with Crippen molar-refractivity contribution < 1.29 is 13.6 Å². The van der Waals surface area contributed by atoms with Crippen LogP contribution in [0.3, 0.4) is 0 Å². The highest BCUT2D eigenvalue weighted by molar-refractivity contribution is 5.84. The van der Waals surface area contributed by atoms with Crippen LogP contribution in [0.1, 0.15) is 38.7 Å². The lowest BCUT2D eigenvalue weighted by molar-refractivity contribution is -0.146. The summed E-state index contributed by atoms with van der Waals surface area (Å²) < 4.78 is 26.5. The van der Waals surface area contributed by atoms with Crippen molar-refractivity contribution in [3.63, 3.8) is 0 Å². The minimum Gasteiger partial charge on any atom is -0.338 e. The highest BCUT2D eigenvalue weighted by Crippen LogP contribution is 2.40. The molecule has 1 atom stereocenters. The lowest BCUT2D eigenvalue weighted by atomic mass is 9.78. The number of amides is 1. The van der Waals surface area contributed by atoms with Gasteiger partial charge < -0.3 is 4.90 Å². The Morgan fingerprint density at radius 3 is 2.76 bits per heavy atom. The van der Waals surface area contributed by atoms with Crippen LogP contribution in [-0.2, 0) is 11.3 Å². The van der Waals surface area contributed by atoms with E-state index in [0.29, 0.717) is 18.7 Å². The average Bonchev–Trinajstić information content (AvgIpc) is 2.99. The van der Waals surface area contributed by atoms with Crippen molar-refractivity contribution in [1.82, 2.24) is 9.80 Å². The van der Waals surface area contributed by atoms with Gasteiger partial charge in [0, 0.05) is 26.2 Å². The van der Waals surface area contributed by atoms with E-state index >= 15 is 0 Å². The SMILES string of the molecule is C/C=C(\C)CN1CC[C@]2(CCCN(Cc3ccc(F)c(F)c3)C2=O)C1. The van der Waals surface area contributed by atoms with E-state index in [9.17, 15) is 13.6 Å². The van der Waals surface area contributed by atoms with Crippen molar-refractivity contribution in [1.29, 1.82) is 0 Å². The number of hydrogen-bond donors (Lipinski definition) is 0. The number of carbonyl (C=O) groups is 1. The third kappa shape index (κ3) is 3.76. The molecule has 0 aliphatic carbocycles. The maximum absolute atomic E-state index is 13.4. The number of halogens is 2. The van der Waals surface area contributed by atoms with Gasteiger partial charge in [-0.05, 0) is 57.4 Å². The number of likely N-dealkylation sites (tertiary alicyclic amines) is 2. The monoisotopic (exact) mass is 348 g/mol. The Morgan fingerprint density at radius 1 is 1.24 bits per heavy atom. The number of piperidine rings is 1. The van der Waals surface area contributed by atoms with Gasteiger partial charge >= 0.3 is 0 Å². The molecule has 0 unspecified atom stereocenters. The number of allylic oxidation sites excluding steroid dienone is 1. The van der Waals surface area contributed by atoms with Crippen LogP contribution in [0.15, 0.2) is 29.8 Å². The van der Waals surface area contributed by atoms with Crippen LogP contribution < -0.4 is 0 Å². The molecule has 25 heavy (non-hydrogen) atoms. The van der Waals surface area contributed by atoms with Gasteiger partial charge in [0.1, 0.15) is 0 Å². The molecule has 0 aromatic heterocycles. The van der Waals surface area contributed by atoms with E-state index < -0.39 is 11.6 Å². The highest BCUT2D eigenvalue weighted by Gasteiger charge is 2.48. The average molecular weight is 348 g/mol. The van der Waals surface area contributed by atoms with Crippen molar-refractivity contribution in [2.75, 3.05) is 26.2 Å². The summed E-state index contributed by atoms with van der Waals surface area (Å²) in [6.45, 7) is 7.84. The molecule has 0 saturated carbocycles. The molecule has 1 aromatic carbocycles. The minimum absolute atomic E-state index is 0.170. The summed E-state index contributed by atoms with van der Waals surface area (Å²) in [5, 5.41) is 0. The van der Waals surface area contributed by atoms with Gasteiger partial charge in [-0.2, -0.15) is 0 Å². The number of rotatable bonds is 4. The van der Waals surface area contributed by atoms with Crippen LogP contribution in [-0.4, -0.2) is 41.9 Å². The number of carbonyl (C=O) groups excluding carboxylic acids is 1. The van der Waals surface area contributed by atoms with Crippen LogP contribution in [0.2, 0.25) is 0 Å². The summed E-state index contributed by atoms with van der Waals surface area (Å²) in [6, 6.07) is 3.88. The number of benzene rings is 1. The summed E-state index contributed by atoms with van der Waals surface area (Å²) in [7, 11) is 0. The first-order chi connectivity index (χ1) is 11.9. The summed E-state index contributed by atoms with van der Waals surface area (Å²) in [5.74, 6) is -1.54. The molecule has 5 heteroatoms. The number of nitrogens with zero attached hydrogens (tertiary/aromatic N) is 2. The molecule has 3 nitrogen and oxygen atoms in total. The fourth-order valence-corrected chi connectivity index (χ4v) is 4.08. The Labute approximate surface area is 148 Å². The van der Waals surface area contributed by atoms with Crippen molar-refractivity contribution >= 4 is 5.91 Å². The van der Waals surface area contributed by atoms with Gasteiger partial charge in [0.05, 0.1) is 5.41 Å². The Morgan fingerprint density at radius 2 is 2.04 bits per heavy atom. The van der Waals surface area contributed by atoms with Gasteiger partial charge in [0.2, 0.25) is 5.91 Å². The van der Waals surface area contributed by atoms with E-state index in [-0.39, 0.29) is 11.3 Å². The van der Waals surface area contributed by atoms with E-state index in [1.165, 1.54) is 11.6 Å². The fourth-order valence-electron chi connectivity index (χ4n) is 4.08. The first-order valence-electron chi connectivity index (χ1n) is 9.01. The van der Waals surface area contributed by atoms with Crippen molar-refractivity contribution in [2.24, 2.45) is 5.41 Å². The van der Waals surface area contributed by atoms with Gasteiger partial charge in [-0.15, -0.1) is 0 Å². The summed E-state index contributed by atoms with van der Waals surface area (Å²) >= 11 is 0. The second kappa shape index (κ2) is 7.24. The van der Waals surface area contributed by atoms with E-state index in [1.54, 1.807) is 6.07 Å². The largest absolute Gasteiger partial charge is 0.338 e. The van der Waals surface area contributed by atoms with Crippen LogP contribution >= 0.6 is 0 Å². The molecule has 0 bridgehead atoms. The predicted molar refractivity (Wildman–Crippen MR) is 93.9 cm³/mol. The van der Waals surface area contributed by atoms with Gasteiger partial charge in [0.25, 0.3) is 0 Å². The standard InChI is InChI=1S/C20H26F2N2O/c1-3-15(2)12-23-10-8-20(14-23)7-4-9-24(19(20)25)13-16-5-6-17(21)18(22)11-16/h3,5-6,11H,4,7-10,12-14H2,1-2H3/b15-3+/t20-/m1/s1. The van der Waals surface area contributed by atoms with Gasteiger partial charge in [-0.25, -0.2) is 8.78 Å². The molecule has 136 valence electrons. The molecule has 0 N–H and O–H groups in total. The number of hydrogen-bond acceptors (Lipinski definition) is 2. The highest BCUT2D eigenvalue weighted by atomic mass is 19.2. The first kappa shape index (κ1) is 18.1. The Hall–Kier alpha value is -1.75. The van der Waals surface area contributed by atoms with E-state index in [0.717, 1.165) is 45.0 Å². The zero-order valence-corrected chi connectivity index (χ0v) is 15.0. The van der Waals surface area contributed by atoms with E-state index in [4.69, 9.17) is 0 Å². The van der Waals surface area contributed by atoms with Gasteiger partial charge in [0.15, 0.2) is 11.6 Å². The second-order valence-corrected chi connectivity index (χ2v) is 7.45. The lowest BCUT2D eigenvalue weighted by Gasteiger charge is -2.39. The molecule has 0 radical (unpaired) electrons. The molecule has 2 saturated heterocycles.